The van der Waals surface area contributed by atoms with Gasteiger partial charge in [-0.25, -0.2) is 0 Å². The lowest BCUT2D eigenvalue weighted by Gasteiger charge is -2.32. The first kappa shape index (κ1) is 21.9. The summed E-state index contributed by atoms with van der Waals surface area (Å²) in [5.41, 5.74) is 2.85. The molecular formula is C25H30N2O3S. The highest BCUT2D eigenvalue weighted by Gasteiger charge is 2.25. The number of nitrogens with zero attached hydrogens (tertiary/aromatic N) is 2. The molecule has 2 aromatic carbocycles. The molecule has 1 saturated heterocycles. The van der Waals surface area contributed by atoms with Crippen LogP contribution in [0.1, 0.15) is 53.6 Å². The van der Waals surface area contributed by atoms with E-state index in [9.17, 15) is 13.8 Å². The van der Waals surface area contributed by atoms with E-state index < -0.39 is 10.8 Å². The van der Waals surface area contributed by atoms with Crippen LogP contribution in [0.2, 0.25) is 0 Å². The zero-order valence-corrected chi connectivity index (χ0v) is 18.9. The van der Waals surface area contributed by atoms with Crippen molar-refractivity contribution < 1.29 is 13.8 Å². The Hall–Kier alpha value is -2.31. The maximum absolute atomic E-state index is 12.9. The third kappa shape index (κ3) is 5.31. The second-order valence-corrected chi connectivity index (χ2v) is 10.1. The highest BCUT2D eigenvalue weighted by molar-refractivity contribution is 7.85. The van der Waals surface area contributed by atoms with E-state index in [1.165, 1.54) is 12.5 Å². The Morgan fingerprint density at radius 2 is 1.77 bits per heavy atom. The second kappa shape index (κ2) is 9.88. The molecule has 0 spiro atoms. The van der Waals surface area contributed by atoms with Gasteiger partial charge >= 0.3 is 0 Å². The van der Waals surface area contributed by atoms with Gasteiger partial charge in [-0.15, -0.1) is 0 Å². The Morgan fingerprint density at radius 3 is 2.48 bits per heavy atom. The van der Waals surface area contributed by atoms with Gasteiger partial charge in [0.2, 0.25) is 5.91 Å². The van der Waals surface area contributed by atoms with Gasteiger partial charge in [0, 0.05) is 42.3 Å². The molecule has 1 unspecified atom stereocenters. The van der Waals surface area contributed by atoms with Crippen LogP contribution in [0.5, 0.6) is 0 Å². The van der Waals surface area contributed by atoms with Crippen LogP contribution in [0.25, 0.3) is 0 Å². The van der Waals surface area contributed by atoms with E-state index in [1.54, 1.807) is 18.2 Å². The molecule has 0 N–H and O–H groups in total. The zero-order valence-electron chi connectivity index (χ0n) is 18.1. The first-order valence-electron chi connectivity index (χ1n) is 11.1. The SMILES string of the molecule is CC(=O)c1ccc2c(c1)CN(C(=O)CCN1CCC(c3ccccc3)CC1)CCS2=O. The maximum atomic E-state index is 12.9. The lowest BCUT2D eigenvalue weighted by Crippen LogP contribution is -2.38. The lowest BCUT2D eigenvalue weighted by molar-refractivity contribution is -0.132. The summed E-state index contributed by atoms with van der Waals surface area (Å²) < 4.78 is 12.6. The van der Waals surface area contributed by atoms with Crippen molar-refractivity contribution in [3.05, 3.63) is 65.2 Å². The number of benzene rings is 2. The number of rotatable bonds is 5. The second-order valence-electron chi connectivity index (χ2n) is 8.52. The van der Waals surface area contributed by atoms with E-state index in [2.05, 4.69) is 35.2 Å². The smallest absolute Gasteiger partial charge is 0.224 e. The summed E-state index contributed by atoms with van der Waals surface area (Å²) >= 11 is 0. The average Bonchev–Trinajstić information content (AvgIpc) is 2.97. The fraction of sp³-hybridized carbons (Fsp3) is 0.440. The lowest BCUT2D eigenvalue weighted by atomic mass is 9.89. The molecule has 0 saturated carbocycles. The number of carbonyl (C=O) groups excluding carboxylic acids is 2. The van der Waals surface area contributed by atoms with E-state index in [0.717, 1.165) is 42.9 Å². The maximum Gasteiger partial charge on any atom is 0.224 e. The van der Waals surface area contributed by atoms with Crippen molar-refractivity contribution in [2.75, 3.05) is 31.9 Å². The highest BCUT2D eigenvalue weighted by Crippen LogP contribution is 2.28. The molecule has 5 nitrogen and oxygen atoms in total. The molecule has 0 bridgehead atoms. The van der Waals surface area contributed by atoms with Gasteiger partial charge in [0.05, 0.1) is 10.8 Å². The summed E-state index contributed by atoms with van der Waals surface area (Å²) in [6.45, 7) is 5.24. The summed E-state index contributed by atoms with van der Waals surface area (Å²) in [5, 5.41) is 0. The predicted octanol–water partition coefficient (Wildman–Crippen LogP) is 3.61. The van der Waals surface area contributed by atoms with Gasteiger partial charge in [0.15, 0.2) is 5.78 Å². The Labute approximate surface area is 186 Å². The standard InChI is InChI=1S/C25H30N2O3S/c1-19(28)22-7-8-24-23(17-22)18-27(15-16-31(24)30)25(29)11-14-26-12-9-21(10-13-26)20-5-3-2-4-6-20/h2-8,17,21H,9-16,18H2,1H3. The number of piperidine rings is 1. The van der Waals surface area contributed by atoms with Gasteiger partial charge in [-0.05, 0) is 62.0 Å². The number of likely N-dealkylation sites (tertiary alicyclic amines) is 1. The van der Waals surface area contributed by atoms with Crippen LogP contribution in [0.15, 0.2) is 53.4 Å². The fourth-order valence-electron chi connectivity index (χ4n) is 4.57. The zero-order chi connectivity index (χ0) is 21.8. The first-order valence-corrected chi connectivity index (χ1v) is 12.4. The Balaban J connectivity index is 1.32. The van der Waals surface area contributed by atoms with E-state index in [4.69, 9.17) is 0 Å². The largest absolute Gasteiger partial charge is 0.337 e. The minimum Gasteiger partial charge on any atom is -0.337 e. The Morgan fingerprint density at radius 1 is 1.03 bits per heavy atom. The van der Waals surface area contributed by atoms with E-state index in [-0.39, 0.29) is 11.7 Å². The quantitative estimate of drug-likeness (QED) is 0.669. The molecule has 1 amide bonds. The minimum atomic E-state index is -1.14. The third-order valence-corrected chi connectivity index (χ3v) is 7.92. The molecule has 0 radical (unpaired) electrons. The highest BCUT2D eigenvalue weighted by atomic mass is 32.2. The molecule has 2 aromatic rings. The molecule has 0 aliphatic carbocycles. The van der Waals surface area contributed by atoms with Crippen LogP contribution in [-0.4, -0.2) is 57.6 Å². The van der Waals surface area contributed by atoms with Gasteiger partial charge in [-0.3, -0.25) is 13.8 Å². The Bertz CT molecular complexity index is 968. The van der Waals surface area contributed by atoms with Crippen LogP contribution in [0, 0.1) is 0 Å². The van der Waals surface area contributed by atoms with Gasteiger partial charge in [-0.2, -0.15) is 0 Å². The summed E-state index contributed by atoms with van der Waals surface area (Å²) in [6, 6.07) is 16.0. The monoisotopic (exact) mass is 438 g/mol. The summed E-state index contributed by atoms with van der Waals surface area (Å²) in [6.07, 6.45) is 2.73. The number of hydrogen-bond acceptors (Lipinski definition) is 4. The van der Waals surface area contributed by atoms with Crippen molar-refractivity contribution in [3.63, 3.8) is 0 Å². The van der Waals surface area contributed by atoms with Gasteiger partial charge in [-0.1, -0.05) is 36.4 Å². The van der Waals surface area contributed by atoms with Crippen molar-refractivity contribution in [2.24, 2.45) is 0 Å². The molecule has 164 valence electrons. The van der Waals surface area contributed by atoms with Crippen LogP contribution < -0.4 is 0 Å². The van der Waals surface area contributed by atoms with E-state index in [1.807, 2.05) is 4.90 Å². The van der Waals surface area contributed by atoms with E-state index >= 15 is 0 Å². The van der Waals surface area contributed by atoms with Crippen molar-refractivity contribution in [1.29, 1.82) is 0 Å². The molecular weight excluding hydrogens is 408 g/mol. The summed E-state index contributed by atoms with van der Waals surface area (Å²) in [5.74, 6) is 1.14. The number of carbonyl (C=O) groups is 2. The normalized spacial score (nSPS) is 20.2. The third-order valence-electron chi connectivity index (χ3n) is 6.47. The predicted molar refractivity (Wildman–Crippen MR) is 123 cm³/mol. The number of hydrogen-bond donors (Lipinski definition) is 0. The number of fused-ring (bicyclic) bond motifs is 1. The number of Topliss-reactive ketones (excluding diaryl/α,β-unsaturated/α-hetero) is 1. The van der Waals surface area contributed by atoms with Crippen molar-refractivity contribution in [3.8, 4) is 0 Å². The molecule has 1 fully saturated rings. The molecule has 2 heterocycles. The van der Waals surface area contributed by atoms with Crippen molar-refractivity contribution in [2.45, 2.75) is 43.5 Å². The molecule has 0 aromatic heterocycles. The summed E-state index contributed by atoms with van der Waals surface area (Å²) in [4.78, 5) is 29.6. The Kier molecular flexibility index (Phi) is 6.98. The summed E-state index contributed by atoms with van der Waals surface area (Å²) in [7, 11) is -1.14. The first-order chi connectivity index (χ1) is 15.0. The molecule has 1 atom stereocenters. The number of amides is 1. The van der Waals surface area contributed by atoms with Crippen molar-refractivity contribution in [1.82, 2.24) is 9.80 Å². The molecule has 2 aliphatic rings. The van der Waals surface area contributed by atoms with Crippen LogP contribution >= 0.6 is 0 Å². The number of ketones is 1. The molecule has 4 rings (SSSR count). The minimum absolute atomic E-state index is 0.0189. The fourth-order valence-corrected chi connectivity index (χ4v) is 5.81. The van der Waals surface area contributed by atoms with Crippen LogP contribution in [-0.2, 0) is 22.1 Å². The van der Waals surface area contributed by atoms with Gasteiger partial charge in [0.1, 0.15) is 0 Å². The molecule has 2 aliphatic heterocycles. The molecule has 31 heavy (non-hydrogen) atoms. The van der Waals surface area contributed by atoms with Gasteiger partial charge in [0.25, 0.3) is 0 Å². The molecule has 6 heteroatoms. The van der Waals surface area contributed by atoms with Crippen LogP contribution in [0.4, 0.5) is 0 Å². The topological polar surface area (TPSA) is 57.7 Å². The van der Waals surface area contributed by atoms with E-state index in [0.29, 0.717) is 36.7 Å². The van der Waals surface area contributed by atoms with Crippen LogP contribution in [0.3, 0.4) is 0 Å². The average molecular weight is 439 g/mol. The van der Waals surface area contributed by atoms with Gasteiger partial charge < -0.3 is 9.80 Å². The van der Waals surface area contributed by atoms with Crippen molar-refractivity contribution >= 4 is 22.5 Å².